The highest BCUT2D eigenvalue weighted by atomic mass is 32.2. The maximum Gasteiger partial charge on any atom is 0.246 e. The van der Waals surface area contributed by atoms with E-state index >= 15 is 0 Å². The smallest absolute Gasteiger partial charge is 0.246 e. The molecule has 0 unspecified atom stereocenters. The molecule has 0 amide bonds. The van der Waals surface area contributed by atoms with Crippen molar-refractivity contribution in [3.05, 3.63) is 12.4 Å². The fourth-order valence-corrected chi connectivity index (χ4v) is 3.73. The summed E-state index contributed by atoms with van der Waals surface area (Å²) in [6.07, 6.45) is 3.84. The van der Waals surface area contributed by atoms with Crippen LogP contribution in [-0.2, 0) is 16.6 Å². The molecule has 6 nitrogen and oxygen atoms in total. The van der Waals surface area contributed by atoms with Crippen molar-refractivity contribution in [2.45, 2.75) is 31.7 Å². The Morgan fingerprint density at radius 2 is 2.22 bits per heavy atom. The molecular weight excluding hydrogens is 252 g/mol. The van der Waals surface area contributed by atoms with Crippen molar-refractivity contribution in [1.29, 1.82) is 0 Å². The molecule has 2 heterocycles. The average Bonchev–Trinajstić information content (AvgIpc) is 2.86. The molecule has 1 aliphatic heterocycles. The third-order valence-corrected chi connectivity index (χ3v) is 5.05. The summed E-state index contributed by atoms with van der Waals surface area (Å²) in [6.45, 7) is 6.29. The van der Waals surface area contributed by atoms with Crippen LogP contribution < -0.4 is 5.73 Å². The second-order valence-electron chi connectivity index (χ2n) is 5.48. The molecule has 1 aliphatic rings. The molecule has 0 radical (unpaired) electrons. The molecule has 0 bridgehead atoms. The highest BCUT2D eigenvalue weighted by Crippen LogP contribution is 2.32. The minimum absolute atomic E-state index is 0.0559. The number of rotatable bonds is 4. The number of nitrogens with zero attached hydrogens (tertiary/aromatic N) is 3. The molecule has 102 valence electrons. The van der Waals surface area contributed by atoms with E-state index in [1.807, 2.05) is 0 Å². The summed E-state index contributed by atoms with van der Waals surface area (Å²) in [5.74, 6) is 0. The quantitative estimate of drug-likeness (QED) is 0.852. The van der Waals surface area contributed by atoms with Gasteiger partial charge in [-0.15, -0.1) is 0 Å². The molecular formula is C11H20N4O2S. The van der Waals surface area contributed by atoms with Crippen LogP contribution in [0, 0.1) is 5.41 Å². The molecule has 0 aliphatic carbocycles. The summed E-state index contributed by atoms with van der Waals surface area (Å²) >= 11 is 0. The van der Waals surface area contributed by atoms with Crippen molar-refractivity contribution in [3.63, 3.8) is 0 Å². The summed E-state index contributed by atoms with van der Waals surface area (Å²) in [4.78, 5) is 0.258. The first kappa shape index (κ1) is 13.5. The van der Waals surface area contributed by atoms with E-state index in [0.29, 0.717) is 26.2 Å². The van der Waals surface area contributed by atoms with E-state index in [1.165, 1.54) is 10.5 Å². The first-order valence-corrected chi connectivity index (χ1v) is 7.52. The molecule has 2 rings (SSSR count). The van der Waals surface area contributed by atoms with Crippen LogP contribution in [0.2, 0.25) is 0 Å². The van der Waals surface area contributed by atoms with Crippen LogP contribution in [0.1, 0.15) is 20.3 Å². The van der Waals surface area contributed by atoms with E-state index < -0.39 is 10.0 Å². The number of sulfonamides is 1. The number of aromatic nitrogens is 2. The highest BCUT2D eigenvalue weighted by molar-refractivity contribution is 7.89. The number of hydrogen-bond acceptors (Lipinski definition) is 4. The van der Waals surface area contributed by atoms with E-state index in [2.05, 4.69) is 18.9 Å². The maximum atomic E-state index is 12.4. The van der Waals surface area contributed by atoms with Crippen LogP contribution in [0.25, 0.3) is 0 Å². The van der Waals surface area contributed by atoms with Gasteiger partial charge >= 0.3 is 0 Å². The fraction of sp³-hybridized carbons (Fsp3) is 0.727. The Morgan fingerprint density at radius 3 is 2.78 bits per heavy atom. The highest BCUT2D eigenvalue weighted by Gasteiger charge is 2.37. The molecule has 18 heavy (non-hydrogen) atoms. The molecule has 0 atom stereocenters. The molecule has 0 saturated carbocycles. The Kier molecular flexibility index (Phi) is 3.48. The standard InChI is InChI=1S/C11H20N4O2S/c1-11(2)3-5-15(9-11)18(16,17)10-7-13-14(8-10)6-4-12/h7-8H,3-6,9,12H2,1-2H3. The number of hydrogen-bond donors (Lipinski definition) is 1. The molecule has 7 heteroatoms. The van der Waals surface area contributed by atoms with Crippen molar-refractivity contribution < 1.29 is 8.42 Å². The Labute approximate surface area is 108 Å². The van der Waals surface area contributed by atoms with E-state index in [1.54, 1.807) is 10.9 Å². The van der Waals surface area contributed by atoms with Gasteiger partial charge in [0.15, 0.2) is 0 Å². The Morgan fingerprint density at radius 1 is 1.50 bits per heavy atom. The van der Waals surface area contributed by atoms with Gasteiger partial charge in [0.05, 0.1) is 12.7 Å². The molecule has 1 saturated heterocycles. The zero-order valence-corrected chi connectivity index (χ0v) is 11.7. The molecule has 0 aromatic carbocycles. The Bertz CT molecular complexity index is 521. The second kappa shape index (κ2) is 4.64. The SMILES string of the molecule is CC1(C)CCN(S(=O)(=O)c2cnn(CCN)c2)C1. The monoisotopic (exact) mass is 272 g/mol. The molecule has 1 aromatic heterocycles. The van der Waals surface area contributed by atoms with Crippen LogP contribution >= 0.6 is 0 Å². The molecule has 2 N–H and O–H groups in total. The van der Waals surface area contributed by atoms with Crippen LogP contribution in [0.4, 0.5) is 0 Å². The van der Waals surface area contributed by atoms with Crippen molar-refractivity contribution >= 4 is 10.0 Å². The normalized spacial score (nSPS) is 20.4. The van der Waals surface area contributed by atoms with Crippen LogP contribution in [-0.4, -0.2) is 42.1 Å². The second-order valence-corrected chi connectivity index (χ2v) is 7.42. The lowest BCUT2D eigenvalue weighted by atomic mass is 9.93. The topological polar surface area (TPSA) is 81.2 Å². The van der Waals surface area contributed by atoms with E-state index in [0.717, 1.165) is 6.42 Å². The summed E-state index contributed by atoms with van der Waals surface area (Å²) in [5, 5.41) is 4.01. The van der Waals surface area contributed by atoms with Crippen LogP contribution in [0.5, 0.6) is 0 Å². The molecule has 0 spiro atoms. The van der Waals surface area contributed by atoms with Crippen molar-refractivity contribution in [1.82, 2.24) is 14.1 Å². The zero-order chi connectivity index (χ0) is 13.4. The first-order valence-electron chi connectivity index (χ1n) is 6.08. The van der Waals surface area contributed by atoms with Crippen molar-refractivity contribution in [2.24, 2.45) is 11.1 Å². The summed E-state index contributed by atoms with van der Waals surface area (Å²) in [7, 11) is -3.40. The van der Waals surface area contributed by atoms with E-state index in [9.17, 15) is 8.42 Å². The zero-order valence-electron chi connectivity index (χ0n) is 10.8. The predicted molar refractivity (Wildman–Crippen MR) is 68.4 cm³/mol. The van der Waals surface area contributed by atoms with Gasteiger partial charge in [0, 0.05) is 25.8 Å². The molecule has 1 aromatic rings. The third-order valence-electron chi connectivity index (χ3n) is 3.25. The first-order chi connectivity index (χ1) is 8.35. The Hall–Kier alpha value is -0.920. The minimum atomic E-state index is -3.40. The largest absolute Gasteiger partial charge is 0.329 e. The van der Waals surface area contributed by atoms with E-state index in [4.69, 9.17) is 5.73 Å². The van der Waals surface area contributed by atoms with Gasteiger partial charge in [0.2, 0.25) is 10.0 Å². The van der Waals surface area contributed by atoms with Gasteiger partial charge in [-0.3, -0.25) is 4.68 Å². The predicted octanol–water partition coefficient (Wildman–Crippen LogP) is 0.262. The summed E-state index contributed by atoms with van der Waals surface area (Å²) < 4.78 is 27.9. The van der Waals surface area contributed by atoms with E-state index in [-0.39, 0.29) is 10.3 Å². The van der Waals surface area contributed by atoms with Crippen molar-refractivity contribution in [2.75, 3.05) is 19.6 Å². The minimum Gasteiger partial charge on any atom is -0.329 e. The van der Waals surface area contributed by atoms with Gasteiger partial charge < -0.3 is 5.73 Å². The lowest BCUT2D eigenvalue weighted by Crippen LogP contribution is -2.30. The van der Waals surface area contributed by atoms with Crippen LogP contribution in [0.3, 0.4) is 0 Å². The van der Waals surface area contributed by atoms with Gasteiger partial charge in [-0.05, 0) is 11.8 Å². The van der Waals surface area contributed by atoms with Gasteiger partial charge in [-0.2, -0.15) is 9.40 Å². The van der Waals surface area contributed by atoms with Crippen molar-refractivity contribution in [3.8, 4) is 0 Å². The third kappa shape index (κ3) is 2.57. The molecule has 1 fully saturated rings. The fourth-order valence-electron chi connectivity index (χ4n) is 2.15. The van der Waals surface area contributed by atoms with Gasteiger partial charge in [-0.1, -0.05) is 13.8 Å². The Balaban J connectivity index is 2.20. The van der Waals surface area contributed by atoms with Crippen LogP contribution in [0.15, 0.2) is 17.3 Å². The lowest BCUT2D eigenvalue weighted by Gasteiger charge is -2.18. The maximum absolute atomic E-state index is 12.4. The van der Waals surface area contributed by atoms with Gasteiger partial charge in [0.25, 0.3) is 0 Å². The van der Waals surface area contributed by atoms with Gasteiger partial charge in [-0.25, -0.2) is 8.42 Å². The summed E-state index contributed by atoms with van der Waals surface area (Å²) in [6, 6.07) is 0. The summed E-state index contributed by atoms with van der Waals surface area (Å²) in [5.41, 5.74) is 5.47. The number of nitrogens with two attached hydrogens (primary N) is 1. The van der Waals surface area contributed by atoms with Gasteiger partial charge in [0.1, 0.15) is 4.90 Å². The average molecular weight is 272 g/mol. The lowest BCUT2D eigenvalue weighted by molar-refractivity contribution is 0.375.